The summed E-state index contributed by atoms with van der Waals surface area (Å²) in [5, 5.41) is 0. The molecule has 0 unspecified atom stereocenters. The third kappa shape index (κ3) is 4.36. The molecule has 2 fully saturated rings. The Kier molecular flexibility index (Phi) is 4.91. The van der Waals surface area contributed by atoms with Crippen LogP contribution >= 0.6 is 0 Å². The zero-order valence-electron chi connectivity index (χ0n) is 13.4. The summed E-state index contributed by atoms with van der Waals surface area (Å²) in [6.45, 7) is 1.02. The quantitative estimate of drug-likeness (QED) is 0.826. The van der Waals surface area contributed by atoms with Gasteiger partial charge in [0.25, 0.3) is 0 Å². The van der Waals surface area contributed by atoms with Gasteiger partial charge in [-0.15, -0.1) is 0 Å². The van der Waals surface area contributed by atoms with Gasteiger partial charge in [-0.3, -0.25) is 4.79 Å². The number of amides is 1. The SMILES string of the molecule is O=C(CCC(F)(F)F)N1CCC(N(c2ccncn2)C2CC2)CC1. The van der Waals surface area contributed by atoms with Crippen LogP contribution in [0.3, 0.4) is 0 Å². The fourth-order valence-corrected chi connectivity index (χ4v) is 3.26. The number of carbonyl (C=O) groups is 1. The minimum absolute atomic E-state index is 0.277. The number of anilines is 1. The monoisotopic (exact) mass is 342 g/mol. The van der Waals surface area contributed by atoms with Gasteiger partial charge in [-0.05, 0) is 31.7 Å². The number of hydrogen-bond donors (Lipinski definition) is 0. The zero-order chi connectivity index (χ0) is 17.2. The molecule has 8 heteroatoms. The molecule has 0 N–H and O–H groups in total. The van der Waals surface area contributed by atoms with Crippen LogP contribution in [-0.4, -0.2) is 52.1 Å². The van der Waals surface area contributed by atoms with Crippen LogP contribution in [0.5, 0.6) is 0 Å². The molecule has 3 rings (SSSR count). The van der Waals surface area contributed by atoms with E-state index in [0.717, 1.165) is 31.5 Å². The van der Waals surface area contributed by atoms with E-state index in [4.69, 9.17) is 0 Å². The van der Waals surface area contributed by atoms with E-state index in [-0.39, 0.29) is 6.04 Å². The molecule has 1 aliphatic heterocycles. The van der Waals surface area contributed by atoms with Crippen LogP contribution < -0.4 is 4.90 Å². The van der Waals surface area contributed by atoms with Gasteiger partial charge in [0.1, 0.15) is 12.1 Å². The Morgan fingerprint density at radius 3 is 2.42 bits per heavy atom. The number of likely N-dealkylation sites (tertiary alicyclic amines) is 1. The molecule has 1 aromatic heterocycles. The summed E-state index contributed by atoms with van der Waals surface area (Å²) < 4.78 is 36.7. The Morgan fingerprint density at radius 1 is 1.21 bits per heavy atom. The number of alkyl halides is 3. The van der Waals surface area contributed by atoms with E-state index in [9.17, 15) is 18.0 Å². The number of nitrogens with zero attached hydrogens (tertiary/aromatic N) is 4. The second kappa shape index (κ2) is 6.94. The van der Waals surface area contributed by atoms with Gasteiger partial charge >= 0.3 is 6.18 Å². The molecular weight excluding hydrogens is 321 g/mol. The summed E-state index contributed by atoms with van der Waals surface area (Å²) in [6.07, 6.45) is 1.27. The second-order valence-electron chi connectivity index (χ2n) is 6.43. The first-order valence-corrected chi connectivity index (χ1v) is 8.33. The van der Waals surface area contributed by atoms with Crippen molar-refractivity contribution in [3.8, 4) is 0 Å². The first-order valence-electron chi connectivity index (χ1n) is 8.33. The lowest BCUT2D eigenvalue weighted by atomic mass is 10.0. The fourth-order valence-electron chi connectivity index (χ4n) is 3.26. The summed E-state index contributed by atoms with van der Waals surface area (Å²) in [6, 6.07) is 2.65. The Labute approximate surface area is 138 Å². The number of hydrogen-bond acceptors (Lipinski definition) is 4. The molecule has 24 heavy (non-hydrogen) atoms. The van der Waals surface area contributed by atoms with Gasteiger partial charge in [0.2, 0.25) is 5.91 Å². The molecule has 1 aliphatic carbocycles. The van der Waals surface area contributed by atoms with Crippen LogP contribution in [0.25, 0.3) is 0 Å². The fraction of sp³-hybridized carbons (Fsp3) is 0.688. The van der Waals surface area contributed by atoms with E-state index < -0.39 is 24.9 Å². The largest absolute Gasteiger partial charge is 0.389 e. The summed E-state index contributed by atoms with van der Waals surface area (Å²) in [5.41, 5.74) is 0. The molecule has 2 aliphatic rings. The van der Waals surface area contributed by atoms with Gasteiger partial charge in [-0.2, -0.15) is 13.2 Å². The normalized spacial score (nSPS) is 19.4. The first-order chi connectivity index (χ1) is 11.4. The highest BCUT2D eigenvalue weighted by molar-refractivity contribution is 5.76. The molecule has 1 amide bonds. The van der Waals surface area contributed by atoms with E-state index in [2.05, 4.69) is 14.9 Å². The van der Waals surface area contributed by atoms with Crippen LogP contribution in [-0.2, 0) is 4.79 Å². The summed E-state index contributed by atoms with van der Waals surface area (Å²) in [7, 11) is 0. The smallest absolute Gasteiger partial charge is 0.350 e. The second-order valence-corrected chi connectivity index (χ2v) is 6.43. The Bertz CT molecular complexity index is 554. The predicted molar refractivity (Wildman–Crippen MR) is 82.4 cm³/mol. The molecule has 0 atom stereocenters. The van der Waals surface area contributed by atoms with Gasteiger partial charge < -0.3 is 9.80 Å². The van der Waals surface area contributed by atoms with Crippen LogP contribution in [0.15, 0.2) is 18.6 Å². The van der Waals surface area contributed by atoms with Gasteiger partial charge in [-0.25, -0.2) is 9.97 Å². The Balaban J connectivity index is 1.55. The van der Waals surface area contributed by atoms with E-state index >= 15 is 0 Å². The van der Waals surface area contributed by atoms with Gasteiger partial charge in [0.15, 0.2) is 0 Å². The molecule has 1 aromatic rings. The van der Waals surface area contributed by atoms with Crippen molar-refractivity contribution in [2.45, 2.75) is 56.8 Å². The predicted octanol–water partition coefficient (Wildman–Crippen LogP) is 2.78. The van der Waals surface area contributed by atoms with E-state index in [1.807, 2.05) is 6.07 Å². The molecule has 2 heterocycles. The molecule has 5 nitrogen and oxygen atoms in total. The lowest BCUT2D eigenvalue weighted by Crippen LogP contribution is -2.48. The van der Waals surface area contributed by atoms with Gasteiger partial charge in [0.05, 0.1) is 6.42 Å². The molecule has 1 saturated carbocycles. The maximum Gasteiger partial charge on any atom is 0.389 e. The Hall–Kier alpha value is -1.86. The minimum atomic E-state index is -4.27. The average Bonchev–Trinajstić information content (AvgIpc) is 3.39. The van der Waals surface area contributed by atoms with Crippen molar-refractivity contribution < 1.29 is 18.0 Å². The molecule has 0 bridgehead atoms. The molecule has 0 aromatic carbocycles. The highest BCUT2D eigenvalue weighted by Gasteiger charge is 2.37. The lowest BCUT2D eigenvalue weighted by Gasteiger charge is -2.39. The molecule has 1 saturated heterocycles. The highest BCUT2D eigenvalue weighted by atomic mass is 19.4. The number of rotatable bonds is 5. The zero-order valence-corrected chi connectivity index (χ0v) is 13.4. The van der Waals surface area contributed by atoms with Crippen molar-refractivity contribution in [1.29, 1.82) is 0 Å². The minimum Gasteiger partial charge on any atom is -0.350 e. The van der Waals surface area contributed by atoms with Gasteiger partial charge in [-0.1, -0.05) is 0 Å². The van der Waals surface area contributed by atoms with Gasteiger partial charge in [0, 0.05) is 37.8 Å². The van der Waals surface area contributed by atoms with Crippen LogP contribution in [0.2, 0.25) is 0 Å². The van der Waals surface area contributed by atoms with Crippen molar-refractivity contribution in [2.24, 2.45) is 0 Å². The maximum atomic E-state index is 12.2. The summed E-state index contributed by atoms with van der Waals surface area (Å²) in [4.78, 5) is 24.1. The Morgan fingerprint density at radius 2 is 1.88 bits per heavy atom. The van der Waals surface area contributed by atoms with Crippen molar-refractivity contribution in [2.75, 3.05) is 18.0 Å². The van der Waals surface area contributed by atoms with Crippen molar-refractivity contribution in [3.63, 3.8) is 0 Å². The van der Waals surface area contributed by atoms with Crippen LogP contribution in [0, 0.1) is 0 Å². The van der Waals surface area contributed by atoms with E-state index in [1.54, 1.807) is 11.1 Å². The third-order valence-electron chi connectivity index (χ3n) is 4.60. The van der Waals surface area contributed by atoms with E-state index in [1.165, 1.54) is 6.33 Å². The lowest BCUT2D eigenvalue weighted by molar-refractivity contribution is -0.149. The first kappa shape index (κ1) is 17.0. The number of halogens is 3. The number of aromatic nitrogens is 2. The van der Waals surface area contributed by atoms with Crippen molar-refractivity contribution in [1.82, 2.24) is 14.9 Å². The molecular formula is C16H21F3N4O. The molecule has 0 radical (unpaired) electrons. The van der Waals surface area contributed by atoms with Crippen LogP contribution in [0.1, 0.15) is 38.5 Å². The third-order valence-corrected chi connectivity index (χ3v) is 4.60. The number of piperidine rings is 1. The van der Waals surface area contributed by atoms with E-state index in [0.29, 0.717) is 19.1 Å². The topological polar surface area (TPSA) is 49.3 Å². The van der Waals surface area contributed by atoms with Crippen LogP contribution in [0.4, 0.5) is 19.0 Å². The summed E-state index contributed by atoms with van der Waals surface area (Å²) >= 11 is 0. The summed E-state index contributed by atoms with van der Waals surface area (Å²) in [5.74, 6) is 0.500. The van der Waals surface area contributed by atoms with Crippen molar-refractivity contribution >= 4 is 11.7 Å². The molecule has 0 spiro atoms. The molecule has 132 valence electrons. The maximum absolute atomic E-state index is 12.2. The highest BCUT2D eigenvalue weighted by Crippen LogP contribution is 2.35. The standard InChI is InChI=1S/C16H21F3N4O/c17-16(18,19)7-3-15(24)22-9-5-13(6-10-22)23(12-1-2-12)14-4-8-20-11-21-14/h4,8,11-13H,1-3,5-7,9-10H2. The number of carbonyl (C=O) groups excluding carboxylic acids is 1. The average molecular weight is 342 g/mol. The van der Waals surface area contributed by atoms with Crippen molar-refractivity contribution in [3.05, 3.63) is 18.6 Å².